The highest BCUT2D eigenvalue weighted by molar-refractivity contribution is 5.95. The molecule has 4 rings (SSSR count). The summed E-state index contributed by atoms with van der Waals surface area (Å²) in [7, 11) is 0. The van der Waals surface area contributed by atoms with Gasteiger partial charge in [0, 0.05) is 5.56 Å². The fourth-order valence-corrected chi connectivity index (χ4v) is 2.57. The van der Waals surface area contributed by atoms with E-state index in [1.165, 1.54) is 0 Å². The Hall–Kier alpha value is -2.95. The lowest BCUT2D eigenvalue weighted by Crippen LogP contribution is -2.13. The molecule has 5 heteroatoms. The van der Waals surface area contributed by atoms with Gasteiger partial charge >= 0.3 is 0 Å². The van der Waals surface area contributed by atoms with Gasteiger partial charge in [0.1, 0.15) is 5.82 Å². The molecule has 0 spiro atoms. The van der Waals surface area contributed by atoms with Crippen LogP contribution in [0.15, 0.2) is 54.6 Å². The van der Waals surface area contributed by atoms with Crippen LogP contribution in [0, 0.1) is 0 Å². The van der Waals surface area contributed by atoms with Gasteiger partial charge in [-0.1, -0.05) is 42.5 Å². The van der Waals surface area contributed by atoms with E-state index in [4.69, 9.17) is 0 Å². The van der Waals surface area contributed by atoms with Gasteiger partial charge < -0.3 is 5.32 Å². The third-order valence-electron chi connectivity index (χ3n) is 3.50. The second-order valence-electron chi connectivity index (χ2n) is 4.88. The van der Waals surface area contributed by atoms with Gasteiger partial charge in [0.05, 0.1) is 17.8 Å². The van der Waals surface area contributed by atoms with Crippen molar-refractivity contribution in [2.45, 2.75) is 6.42 Å². The third kappa shape index (κ3) is 1.90. The van der Waals surface area contributed by atoms with Crippen molar-refractivity contribution in [2.75, 3.05) is 5.32 Å². The Morgan fingerprint density at radius 1 is 0.952 bits per heavy atom. The van der Waals surface area contributed by atoms with E-state index in [1.807, 2.05) is 59.2 Å². The molecule has 5 nitrogen and oxygen atoms in total. The lowest BCUT2D eigenvalue weighted by molar-refractivity contribution is -0.115. The summed E-state index contributed by atoms with van der Waals surface area (Å²) in [5, 5.41) is 11.4. The molecule has 0 radical (unpaired) electrons. The van der Waals surface area contributed by atoms with Crippen molar-refractivity contribution in [3.63, 3.8) is 0 Å². The summed E-state index contributed by atoms with van der Waals surface area (Å²) in [6, 6.07) is 17.5. The van der Waals surface area contributed by atoms with Crippen LogP contribution in [0.2, 0.25) is 0 Å². The van der Waals surface area contributed by atoms with E-state index in [2.05, 4.69) is 15.5 Å². The van der Waals surface area contributed by atoms with Crippen LogP contribution < -0.4 is 5.32 Å². The standard InChI is InChI=1S/C16H12N4O/c21-15-10-14-18-19-16(11-6-2-1-3-7-11)20(14)13-9-5-4-8-12(13)17-15/h1-9H,10H2,(H,17,21). The van der Waals surface area contributed by atoms with Gasteiger partial charge in [0.15, 0.2) is 5.82 Å². The van der Waals surface area contributed by atoms with Gasteiger partial charge in [-0.2, -0.15) is 0 Å². The van der Waals surface area contributed by atoms with Crippen molar-refractivity contribution in [3.05, 3.63) is 60.4 Å². The van der Waals surface area contributed by atoms with E-state index < -0.39 is 0 Å². The summed E-state index contributed by atoms with van der Waals surface area (Å²) in [5.41, 5.74) is 2.64. The zero-order valence-corrected chi connectivity index (χ0v) is 11.2. The number of nitrogens with zero attached hydrogens (tertiary/aromatic N) is 3. The fraction of sp³-hybridized carbons (Fsp3) is 0.0625. The number of benzene rings is 2. The van der Waals surface area contributed by atoms with Crippen molar-refractivity contribution in [1.82, 2.24) is 14.8 Å². The van der Waals surface area contributed by atoms with Crippen LogP contribution in [-0.4, -0.2) is 20.7 Å². The summed E-state index contributed by atoms with van der Waals surface area (Å²) in [6.07, 6.45) is 0.217. The SMILES string of the molecule is O=C1Cc2nnc(-c3ccccc3)n2-c2ccccc2N1. The molecule has 1 aliphatic heterocycles. The first-order valence-corrected chi connectivity index (χ1v) is 6.72. The Labute approximate surface area is 121 Å². The molecule has 0 bridgehead atoms. The first kappa shape index (κ1) is 11.8. The first-order chi connectivity index (χ1) is 10.3. The number of rotatable bonds is 1. The average Bonchev–Trinajstić information content (AvgIpc) is 2.86. The van der Waals surface area contributed by atoms with E-state index in [1.54, 1.807) is 0 Å². The number of carbonyl (C=O) groups excluding carboxylic acids is 1. The monoisotopic (exact) mass is 276 g/mol. The average molecular weight is 276 g/mol. The zero-order chi connectivity index (χ0) is 14.2. The number of hydrogen-bond donors (Lipinski definition) is 1. The lowest BCUT2D eigenvalue weighted by Gasteiger charge is -2.11. The predicted molar refractivity (Wildman–Crippen MR) is 79.1 cm³/mol. The minimum atomic E-state index is -0.0757. The second-order valence-corrected chi connectivity index (χ2v) is 4.88. The van der Waals surface area contributed by atoms with E-state index in [0.717, 1.165) is 22.8 Å². The molecule has 0 unspecified atom stereocenters. The quantitative estimate of drug-likeness (QED) is 0.742. The summed E-state index contributed by atoms with van der Waals surface area (Å²) in [6.45, 7) is 0. The topological polar surface area (TPSA) is 59.8 Å². The summed E-state index contributed by atoms with van der Waals surface area (Å²) >= 11 is 0. The van der Waals surface area contributed by atoms with Gasteiger partial charge in [-0.3, -0.25) is 9.36 Å². The molecule has 0 fully saturated rings. The van der Waals surface area contributed by atoms with Crippen LogP contribution >= 0.6 is 0 Å². The molecule has 1 N–H and O–H groups in total. The number of anilines is 1. The van der Waals surface area contributed by atoms with Gasteiger partial charge in [0.25, 0.3) is 0 Å². The van der Waals surface area contributed by atoms with E-state index in [0.29, 0.717) is 5.82 Å². The van der Waals surface area contributed by atoms with Crippen LogP contribution in [0.5, 0.6) is 0 Å². The number of hydrogen-bond acceptors (Lipinski definition) is 3. The maximum Gasteiger partial charge on any atom is 0.232 e. The summed E-state index contributed by atoms with van der Waals surface area (Å²) in [4.78, 5) is 12.0. The molecule has 1 aromatic heterocycles. The molecule has 0 atom stereocenters. The number of amides is 1. The van der Waals surface area contributed by atoms with Crippen LogP contribution in [-0.2, 0) is 11.2 Å². The molecular formula is C16H12N4O. The van der Waals surface area contributed by atoms with Crippen molar-refractivity contribution in [1.29, 1.82) is 0 Å². The zero-order valence-electron chi connectivity index (χ0n) is 11.2. The van der Waals surface area contributed by atoms with Crippen molar-refractivity contribution in [3.8, 4) is 17.1 Å². The second kappa shape index (κ2) is 4.56. The number of nitrogens with one attached hydrogen (secondary N) is 1. The normalized spacial score (nSPS) is 13.0. The van der Waals surface area contributed by atoms with Gasteiger partial charge in [-0.15, -0.1) is 10.2 Å². The molecule has 0 saturated heterocycles. The maximum absolute atomic E-state index is 12.0. The Balaban J connectivity index is 2.00. The highest BCUT2D eigenvalue weighted by atomic mass is 16.1. The number of carbonyl (C=O) groups is 1. The maximum atomic E-state index is 12.0. The van der Waals surface area contributed by atoms with Crippen LogP contribution in [0.3, 0.4) is 0 Å². The molecule has 2 aromatic carbocycles. The fourth-order valence-electron chi connectivity index (χ4n) is 2.57. The summed E-state index contributed by atoms with van der Waals surface area (Å²) in [5.74, 6) is 1.32. The Morgan fingerprint density at radius 2 is 1.71 bits per heavy atom. The Kier molecular flexibility index (Phi) is 2.57. The Bertz CT molecular complexity index is 823. The van der Waals surface area contributed by atoms with Gasteiger partial charge in [-0.25, -0.2) is 0 Å². The first-order valence-electron chi connectivity index (χ1n) is 6.72. The van der Waals surface area contributed by atoms with Crippen LogP contribution in [0.25, 0.3) is 17.1 Å². The molecular weight excluding hydrogens is 264 g/mol. The summed E-state index contributed by atoms with van der Waals surface area (Å²) < 4.78 is 1.95. The number of aromatic nitrogens is 3. The molecule has 102 valence electrons. The molecule has 0 saturated carbocycles. The highest BCUT2D eigenvalue weighted by Gasteiger charge is 2.23. The third-order valence-corrected chi connectivity index (χ3v) is 3.50. The van der Waals surface area contributed by atoms with Crippen molar-refractivity contribution < 1.29 is 4.79 Å². The van der Waals surface area contributed by atoms with Crippen LogP contribution in [0.1, 0.15) is 5.82 Å². The van der Waals surface area contributed by atoms with Gasteiger partial charge in [-0.05, 0) is 12.1 Å². The lowest BCUT2D eigenvalue weighted by atomic mass is 10.2. The predicted octanol–water partition coefficient (Wildman–Crippen LogP) is 2.43. The molecule has 0 aliphatic carbocycles. The molecule has 21 heavy (non-hydrogen) atoms. The molecule has 3 aromatic rings. The highest BCUT2D eigenvalue weighted by Crippen LogP contribution is 2.29. The largest absolute Gasteiger partial charge is 0.324 e. The van der Waals surface area contributed by atoms with Crippen molar-refractivity contribution >= 4 is 11.6 Å². The molecule has 1 aliphatic rings. The minimum Gasteiger partial charge on any atom is -0.324 e. The van der Waals surface area contributed by atoms with E-state index in [9.17, 15) is 4.79 Å². The van der Waals surface area contributed by atoms with E-state index >= 15 is 0 Å². The number of fused-ring (bicyclic) bond motifs is 3. The molecule has 2 heterocycles. The van der Waals surface area contributed by atoms with E-state index in [-0.39, 0.29) is 12.3 Å². The van der Waals surface area contributed by atoms with Crippen molar-refractivity contribution in [2.24, 2.45) is 0 Å². The van der Waals surface area contributed by atoms with Gasteiger partial charge in [0.2, 0.25) is 5.91 Å². The number of para-hydroxylation sites is 2. The minimum absolute atomic E-state index is 0.0757. The van der Waals surface area contributed by atoms with Crippen LogP contribution in [0.4, 0.5) is 5.69 Å². The Morgan fingerprint density at radius 3 is 2.57 bits per heavy atom. The smallest absolute Gasteiger partial charge is 0.232 e. The molecule has 1 amide bonds.